The van der Waals surface area contributed by atoms with Crippen LogP contribution in [0.3, 0.4) is 0 Å². The fourth-order valence-corrected chi connectivity index (χ4v) is 4.14. The molecule has 3 aromatic heterocycles. The van der Waals surface area contributed by atoms with E-state index in [-0.39, 0.29) is 22.8 Å². The number of aromatic nitrogens is 5. The molecule has 1 aliphatic heterocycles. The molecular weight excluding hydrogens is 435 g/mol. The maximum atomic E-state index is 13.8. The van der Waals surface area contributed by atoms with Gasteiger partial charge in [-0.05, 0) is 30.4 Å². The van der Waals surface area contributed by atoms with E-state index in [9.17, 15) is 23.2 Å². The molecule has 0 aromatic carbocycles. The Bertz CT molecular complexity index is 1130. The van der Waals surface area contributed by atoms with Gasteiger partial charge in [-0.25, -0.2) is 4.98 Å². The summed E-state index contributed by atoms with van der Waals surface area (Å²) in [6, 6.07) is 3.19. The van der Waals surface area contributed by atoms with E-state index >= 15 is 0 Å². The third-order valence-electron chi connectivity index (χ3n) is 4.67. The van der Waals surface area contributed by atoms with Crippen LogP contribution in [0.5, 0.6) is 0 Å². The molecule has 0 aliphatic carbocycles. The molecule has 1 aliphatic rings. The number of nitrogens with zero attached hydrogens (tertiary/aromatic N) is 6. The Hall–Kier alpha value is -3.37. The fourth-order valence-electron chi connectivity index (χ4n) is 3.26. The number of rotatable bonds is 4. The quantitative estimate of drug-likeness (QED) is 0.650. The van der Waals surface area contributed by atoms with Crippen LogP contribution in [-0.2, 0) is 10.9 Å². The molecule has 0 radical (unpaired) electrons. The lowest BCUT2D eigenvalue weighted by Crippen LogP contribution is -2.21. The number of hydrogen-bond donors (Lipinski definition) is 1. The number of hydrogen-bond acceptors (Lipinski definition) is 8. The molecule has 0 spiro atoms. The fraction of sp³-hybridized carbons (Fsp3) is 0.333. The summed E-state index contributed by atoms with van der Waals surface area (Å²) in [5.74, 6) is -1.27. The molecule has 4 rings (SSSR count). The van der Waals surface area contributed by atoms with Crippen molar-refractivity contribution in [1.29, 1.82) is 5.26 Å². The summed E-state index contributed by atoms with van der Waals surface area (Å²) in [4.78, 5) is 17.3. The molecule has 1 N–H and O–H groups in total. The lowest BCUT2D eigenvalue weighted by atomic mass is 9.93. The first kappa shape index (κ1) is 20.9. The molecule has 0 atom stereocenters. The minimum Gasteiger partial charge on any atom is -0.381 e. The van der Waals surface area contributed by atoms with Gasteiger partial charge in [-0.1, -0.05) is 0 Å². The maximum Gasteiger partial charge on any atom is 0.419 e. The van der Waals surface area contributed by atoms with E-state index in [1.165, 1.54) is 24.7 Å². The van der Waals surface area contributed by atoms with Gasteiger partial charge in [-0.3, -0.25) is 4.79 Å². The normalized spacial score (nSPS) is 14.9. The number of halogens is 3. The Morgan fingerprint density at radius 2 is 2.00 bits per heavy atom. The molecule has 0 bridgehead atoms. The van der Waals surface area contributed by atoms with Crippen LogP contribution in [0, 0.1) is 11.3 Å². The van der Waals surface area contributed by atoms with Gasteiger partial charge >= 0.3 is 6.18 Å². The van der Waals surface area contributed by atoms with Crippen LogP contribution in [-0.4, -0.2) is 43.5 Å². The van der Waals surface area contributed by atoms with Crippen LogP contribution in [0.4, 0.5) is 18.9 Å². The minimum absolute atomic E-state index is 0.0391. The smallest absolute Gasteiger partial charge is 0.381 e. The van der Waals surface area contributed by atoms with Crippen LogP contribution >= 0.6 is 11.5 Å². The van der Waals surface area contributed by atoms with Crippen LogP contribution in [0.25, 0.3) is 5.82 Å². The van der Waals surface area contributed by atoms with Crippen molar-refractivity contribution in [2.45, 2.75) is 24.9 Å². The van der Waals surface area contributed by atoms with E-state index in [0.29, 0.717) is 37.6 Å². The van der Waals surface area contributed by atoms with E-state index < -0.39 is 28.4 Å². The Labute approximate surface area is 177 Å². The third-order valence-corrected chi connectivity index (χ3v) is 5.53. The molecule has 9 nitrogen and oxygen atoms in total. The number of carbonyl (C=O) groups excluding carboxylic acids is 1. The van der Waals surface area contributed by atoms with Gasteiger partial charge in [0.1, 0.15) is 22.1 Å². The van der Waals surface area contributed by atoms with E-state index in [4.69, 9.17) is 4.74 Å². The third kappa shape index (κ3) is 4.25. The maximum absolute atomic E-state index is 13.8. The van der Waals surface area contributed by atoms with Gasteiger partial charge in [-0.15, -0.1) is 4.80 Å². The molecule has 160 valence electrons. The SMILES string of the molecule is N#Cc1cc(NC(=O)c2snc(C3CCOCC3)c2C(F)(F)F)cnc1-n1nccn1. The minimum atomic E-state index is -4.74. The molecule has 3 aromatic rings. The summed E-state index contributed by atoms with van der Waals surface area (Å²) in [7, 11) is 0. The number of alkyl halides is 3. The highest BCUT2D eigenvalue weighted by Gasteiger charge is 2.42. The molecule has 4 heterocycles. The second-order valence-electron chi connectivity index (χ2n) is 6.64. The highest BCUT2D eigenvalue weighted by atomic mass is 32.1. The summed E-state index contributed by atoms with van der Waals surface area (Å²) >= 11 is 0.503. The van der Waals surface area contributed by atoms with E-state index in [0.717, 1.165) is 4.80 Å². The molecule has 0 saturated carbocycles. The zero-order valence-electron chi connectivity index (χ0n) is 15.8. The zero-order chi connectivity index (χ0) is 22.0. The van der Waals surface area contributed by atoms with E-state index in [1.54, 1.807) is 0 Å². The van der Waals surface area contributed by atoms with Crippen molar-refractivity contribution in [3.05, 3.63) is 46.4 Å². The first-order valence-corrected chi connectivity index (χ1v) is 9.88. The summed E-state index contributed by atoms with van der Waals surface area (Å²) in [5, 5.41) is 19.5. The predicted octanol–water partition coefficient (Wildman–Crippen LogP) is 3.16. The molecule has 1 fully saturated rings. The standard InChI is InChI=1S/C18H14F3N7O2S/c19-18(20,21)13-14(10-1-5-30-6-2-10)27-31-15(13)17(29)26-12-7-11(8-22)16(23-9-12)28-24-3-4-25-28/h3-4,7,9-10H,1-2,5-6H2,(H,26,29). The van der Waals surface area contributed by atoms with Gasteiger partial charge in [0.25, 0.3) is 5.91 Å². The average Bonchev–Trinajstić information content (AvgIpc) is 3.44. The van der Waals surface area contributed by atoms with Crippen molar-refractivity contribution in [3.8, 4) is 11.9 Å². The number of ether oxygens (including phenoxy) is 1. The highest BCUT2D eigenvalue weighted by Crippen LogP contribution is 2.42. The summed E-state index contributed by atoms with van der Waals surface area (Å²) in [6.07, 6.45) is 0.0939. The summed E-state index contributed by atoms with van der Waals surface area (Å²) in [5.41, 5.74) is -1.04. The molecule has 0 unspecified atom stereocenters. The lowest BCUT2D eigenvalue weighted by Gasteiger charge is -2.22. The van der Waals surface area contributed by atoms with Crippen molar-refractivity contribution in [2.75, 3.05) is 18.5 Å². The number of nitrogens with one attached hydrogen (secondary N) is 1. The zero-order valence-corrected chi connectivity index (χ0v) is 16.6. The average molecular weight is 449 g/mol. The van der Waals surface area contributed by atoms with Gasteiger partial charge in [0, 0.05) is 19.1 Å². The second-order valence-corrected chi connectivity index (χ2v) is 7.41. The first-order chi connectivity index (χ1) is 14.9. The van der Waals surface area contributed by atoms with E-state index in [1.807, 2.05) is 6.07 Å². The van der Waals surface area contributed by atoms with Crippen LogP contribution < -0.4 is 5.32 Å². The monoisotopic (exact) mass is 449 g/mol. The van der Waals surface area contributed by atoms with Gasteiger partial charge in [0.15, 0.2) is 5.82 Å². The number of pyridine rings is 1. The van der Waals surface area contributed by atoms with E-state index in [2.05, 4.69) is 24.9 Å². The Kier molecular flexibility index (Phi) is 5.66. The number of nitriles is 1. The van der Waals surface area contributed by atoms with Crippen molar-refractivity contribution in [2.24, 2.45) is 0 Å². The highest BCUT2D eigenvalue weighted by molar-refractivity contribution is 7.08. The van der Waals surface area contributed by atoms with Crippen LogP contribution in [0.15, 0.2) is 24.7 Å². The summed E-state index contributed by atoms with van der Waals surface area (Å²) in [6.45, 7) is 0.697. The Morgan fingerprint density at radius 3 is 2.65 bits per heavy atom. The van der Waals surface area contributed by atoms with Gasteiger partial charge in [0.2, 0.25) is 0 Å². The van der Waals surface area contributed by atoms with Gasteiger partial charge in [0.05, 0.1) is 30.0 Å². The molecule has 1 amide bonds. The largest absolute Gasteiger partial charge is 0.419 e. The molecule has 1 saturated heterocycles. The van der Waals surface area contributed by atoms with Crippen LogP contribution in [0.1, 0.15) is 45.3 Å². The van der Waals surface area contributed by atoms with Crippen molar-refractivity contribution in [3.63, 3.8) is 0 Å². The molecule has 31 heavy (non-hydrogen) atoms. The molecular formula is C18H14F3N7O2S. The predicted molar refractivity (Wildman–Crippen MR) is 102 cm³/mol. The van der Waals surface area contributed by atoms with Gasteiger partial charge < -0.3 is 10.1 Å². The molecule has 13 heteroatoms. The van der Waals surface area contributed by atoms with Crippen molar-refractivity contribution < 1.29 is 22.7 Å². The van der Waals surface area contributed by atoms with Crippen molar-refractivity contribution in [1.82, 2.24) is 24.4 Å². The first-order valence-electron chi connectivity index (χ1n) is 9.11. The number of carbonyl (C=O) groups is 1. The number of anilines is 1. The second kappa shape index (κ2) is 8.40. The van der Waals surface area contributed by atoms with Crippen LogP contribution in [0.2, 0.25) is 0 Å². The summed E-state index contributed by atoms with van der Waals surface area (Å²) < 4.78 is 50.6. The van der Waals surface area contributed by atoms with Gasteiger partial charge in [-0.2, -0.15) is 33.0 Å². The Morgan fingerprint density at radius 1 is 1.29 bits per heavy atom. The number of amides is 1. The lowest BCUT2D eigenvalue weighted by molar-refractivity contribution is -0.138. The Balaban J connectivity index is 1.63. The topological polar surface area (TPSA) is 119 Å². The van der Waals surface area contributed by atoms with Crippen molar-refractivity contribution >= 4 is 23.1 Å².